The van der Waals surface area contributed by atoms with Crippen molar-refractivity contribution < 1.29 is 14.7 Å². The number of carbonyl (C=O) groups is 2. The summed E-state index contributed by atoms with van der Waals surface area (Å²) in [6.07, 6.45) is 0.154. The number of hydrogen-bond donors (Lipinski definition) is 3. The van der Waals surface area contributed by atoms with E-state index in [4.69, 9.17) is 12.2 Å². The molecule has 0 saturated carbocycles. The van der Waals surface area contributed by atoms with Crippen molar-refractivity contribution in [2.45, 2.75) is 6.23 Å². The summed E-state index contributed by atoms with van der Waals surface area (Å²) in [5.41, 5.74) is 0.780. The Morgan fingerprint density at radius 1 is 1.16 bits per heavy atom. The first-order valence-corrected chi connectivity index (χ1v) is 5.93. The Bertz CT molecular complexity index is 606. The molecule has 0 aromatic heterocycles. The minimum absolute atomic E-state index is 0.125. The molecule has 0 bridgehead atoms. The van der Waals surface area contributed by atoms with E-state index in [-0.39, 0.29) is 10.8 Å². The number of hydrogen-bond acceptors (Lipinski definition) is 4. The maximum absolute atomic E-state index is 12.2. The van der Waals surface area contributed by atoms with Crippen LogP contribution in [0.1, 0.15) is 20.7 Å². The molecule has 19 heavy (non-hydrogen) atoms. The second-order valence-corrected chi connectivity index (χ2v) is 4.49. The van der Waals surface area contributed by atoms with Gasteiger partial charge in [0.05, 0.1) is 16.8 Å². The summed E-state index contributed by atoms with van der Waals surface area (Å²) >= 11 is 4.82. The van der Waals surface area contributed by atoms with Crippen LogP contribution in [-0.4, -0.2) is 33.2 Å². The summed E-state index contributed by atoms with van der Waals surface area (Å²) < 4.78 is 0. The molecule has 0 spiro atoms. The van der Waals surface area contributed by atoms with Gasteiger partial charge in [0.1, 0.15) is 0 Å². The lowest BCUT2D eigenvalue weighted by Crippen LogP contribution is -2.50. The van der Waals surface area contributed by atoms with Crippen molar-refractivity contribution in [1.82, 2.24) is 15.5 Å². The Morgan fingerprint density at radius 3 is 2.26 bits per heavy atom. The summed E-state index contributed by atoms with van der Waals surface area (Å²) in [7, 11) is 0. The minimum atomic E-state index is -1.20. The molecule has 96 valence electrons. The maximum Gasteiger partial charge on any atom is 0.266 e. The van der Waals surface area contributed by atoms with E-state index in [9.17, 15) is 14.7 Å². The summed E-state index contributed by atoms with van der Waals surface area (Å²) in [6.45, 7) is 0. The van der Waals surface area contributed by atoms with Crippen LogP contribution in [0.25, 0.3) is 0 Å². The van der Waals surface area contributed by atoms with Gasteiger partial charge in [0.25, 0.3) is 11.8 Å². The first-order valence-electron chi connectivity index (χ1n) is 5.52. The number of aliphatic hydroxyl groups is 1. The SMILES string of the molecule is O=C1c2ccccc2C(=O)N1C1=CNC(=S)NC1O. The molecule has 7 heteroatoms. The third-order valence-electron chi connectivity index (χ3n) is 2.95. The number of nitrogens with one attached hydrogen (secondary N) is 2. The van der Waals surface area contributed by atoms with Crippen molar-refractivity contribution >= 4 is 29.1 Å². The average Bonchev–Trinajstić information content (AvgIpc) is 2.64. The summed E-state index contributed by atoms with van der Waals surface area (Å²) in [6, 6.07) is 6.53. The number of carbonyl (C=O) groups excluding carboxylic acids is 2. The lowest BCUT2D eigenvalue weighted by molar-refractivity contribution is 0.0631. The molecule has 1 atom stereocenters. The molecule has 2 aliphatic rings. The van der Waals surface area contributed by atoms with Crippen LogP contribution in [0.15, 0.2) is 36.2 Å². The van der Waals surface area contributed by atoms with Crippen molar-refractivity contribution in [3.05, 3.63) is 47.3 Å². The Morgan fingerprint density at radius 2 is 1.74 bits per heavy atom. The second-order valence-electron chi connectivity index (χ2n) is 4.08. The third kappa shape index (κ3) is 1.71. The molecule has 2 heterocycles. The van der Waals surface area contributed by atoms with E-state index in [0.717, 1.165) is 4.90 Å². The van der Waals surface area contributed by atoms with E-state index in [1.54, 1.807) is 24.3 Å². The first kappa shape index (κ1) is 11.8. The fourth-order valence-electron chi connectivity index (χ4n) is 2.07. The van der Waals surface area contributed by atoms with Crippen molar-refractivity contribution in [1.29, 1.82) is 0 Å². The van der Waals surface area contributed by atoms with Crippen molar-refractivity contribution in [2.24, 2.45) is 0 Å². The lowest BCUT2D eigenvalue weighted by atomic mass is 10.1. The quantitative estimate of drug-likeness (QED) is 0.491. The van der Waals surface area contributed by atoms with Crippen LogP contribution in [0, 0.1) is 0 Å². The molecule has 0 aliphatic carbocycles. The molecule has 0 radical (unpaired) electrons. The van der Waals surface area contributed by atoms with Gasteiger partial charge < -0.3 is 15.7 Å². The fraction of sp³-hybridized carbons (Fsp3) is 0.0833. The lowest BCUT2D eigenvalue weighted by Gasteiger charge is -2.27. The largest absolute Gasteiger partial charge is 0.368 e. The van der Waals surface area contributed by atoms with Crippen LogP contribution in [0.5, 0.6) is 0 Å². The number of thiocarbonyl (C=S) groups is 1. The van der Waals surface area contributed by atoms with Gasteiger partial charge in [-0.1, -0.05) is 12.1 Å². The molecular weight excluding hydrogens is 266 g/mol. The molecule has 2 amide bonds. The van der Waals surface area contributed by atoms with E-state index >= 15 is 0 Å². The zero-order valence-corrected chi connectivity index (χ0v) is 10.4. The van der Waals surface area contributed by atoms with Crippen molar-refractivity contribution in [3.63, 3.8) is 0 Å². The summed E-state index contributed by atoms with van der Waals surface area (Å²) in [5.74, 6) is -0.912. The van der Waals surface area contributed by atoms with Crippen LogP contribution in [-0.2, 0) is 0 Å². The first-order chi connectivity index (χ1) is 9.09. The average molecular weight is 275 g/mol. The van der Waals surface area contributed by atoms with Crippen LogP contribution >= 0.6 is 12.2 Å². The van der Waals surface area contributed by atoms with Crippen LogP contribution in [0.4, 0.5) is 0 Å². The number of nitrogens with zero attached hydrogens (tertiary/aromatic N) is 1. The molecule has 6 nitrogen and oxygen atoms in total. The Kier molecular flexibility index (Phi) is 2.58. The Labute approximate surface area is 113 Å². The normalized spacial score (nSPS) is 21.7. The smallest absolute Gasteiger partial charge is 0.266 e. The second kappa shape index (κ2) is 4.15. The van der Waals surface area contributed by atoms with Gasteiger partial charge in [0.15, 0.2) is 11.3 Å². The van der Waals surface area contributed by atoms with E-state index in [0.29, 0.717) is 11.1 Å². The number of aliphatic hydroxyl groups excluding tert-OH is 1. The highest BCUT2D eigenvalue weighted by Crippen LogP contribution is 2.27. The highest BCUT2D eigenvalue weighted by atomic mass is 32.1. The molecule has 2 aliphatic heterocycles. The van der Waals surface area contributed by atoms with Gasteiger partial charge in [-0.05, 0) is 24.4 Å². The molecule has 3 rings (SSSR count). The fourth-order valence-corrected chi connectivity index (χ4v) is 2.24. The van der Waals surface area contributed by atoms with Gasteiger partial charge in [-0.25, -0.2) is 4.90 Å². The molecular formula is C12H9N3O3S. The van der Waals surface area contributed by atoms with E-state index in [2.05, 4.69) is 10.6 Å². The Hall–Kier alpha value is -2.25. The third-order valence-corrected chi connectivity index (χ3v) is 3.19. The van der Waals surface area contributed by atoms with Gasteiger partial charge in [-0.15, -0.1) is 0 Å². The Balaban J connectivity index is 2.03. The van der Waals surface area contributed by atoms with E-state index in [1.165, 1.54) is 6.20 Å². The minimum Gasteiger partial charge on any atom is -0.368 e. The number of benzene rings is 1. The molecule has 3 N–H and O–H groups in total. The number of fused-ring (bicyclic) bond motifs is 1. The number of amides is 2. The molecule has 1 aromatic carbocycles. The molecule has 1 unspecified atom stereocenters. The van der Waals surface area contributed by atoms with Gasteiger partial charge in [-0.3, -0.25) is 9.59 Å². The van der Waals surface area contributed by atoms with Gasteiger partial charge in [0, 0.05) is 6.20 Å². The van der Waals surface area contributed by atoms with Crippen LogP contribution in [0.2, 0.25) is 0 Å². The van der Waals surface area contributed by atoms with Gasteiger partial charge >= 0.3 is 0 Å². The highest BCUT2D eigenvalue weighted by molar-refractivity contribution is 7.80. The standard InChI is InChI=1S/C12H9N3O3S/c16-9-8(5-13-12(19)14-9)15-10(17)6-3-1-2-4-7(6)11(15)18/h1-5,9,16H,(H2,13,14,19). The summed E-state index contributed by atoms with van der Waals surface area (Å²) in [5, 5.41) is 15.3. The van der Waals surface area contributed by atoms with Crippen molar-refractivity contribution in [2.75, 3.05) is 0 Å². The van der Waals surface area contributed by atoms with Gasteiger partial charge in [-0.2, -0.15) is 0 Å². The van der Waals surface area contributed by atoms with Gasteiger partial charge in [0.2, 0.25) is 0 Å². The maximum atomic E-state index is 12.2. The molecule has 0 saturated heterocycles. The highest BCUT2D eigenvalue weighted by Gasteiger charge is 2.40. The van der Waals surface area contributed by atoms with E-state index in [1.807, 2.05) is 0 Å². The molecule has 1 aromatic rings. The van der Waals surface area contributed by atoms with Crippen LogP contribution in [0.3, 0.4) is 0 Å². The van der Waals surface area contributed by atoms with E-state index < -0.39 is 18.0 Å². The topological polar surface area (TPSA) is 81.7 Å². The zero-order valence-electron chi connectivity index (χ0n) is 9.58. The number of imide groups is 1. The predicted molar refractivity (Wildman–Crippen MR) is 69.9 cm³/mol. The van der Waals surface area contributed by atoms with Crippen LogP contribution < -0.4 is 10.6 Å². The van der Waals surface area contributed by atoms with Crippen molar-refractivity contribution in [3.8, 4) is 0 Å². The predicted octanol–water partition coefficient (Wildman–Crippen LogP) is -0.0799. The zero-order chi connectivity index (χ0) is 13.6. The summed E-state index contributed by atoms with van der Waals surface area (Å²) in [4.78, 5) is 25.3. The monoisotopic (exact) mass is 275 g/mol. The number of rotatable bonds is 1. The molecule has 0 fully saturated rings.